The summed E-state index contributed by atoms with van der Waals surface area (Å²) in [6.07, 6.45) is 7.87. The number of rotatable bonds is 3. The van der Waals surface area contributed by atoms with Gasteiger partial charge in [-0.2, -0.15) is 0 Å². The van der Waals surface area contributed by atoms with Crippen molar-refractivity contribution in [3.05, 3.63) is 28.4 Å². The van der Waals surface area contributed by atoms with Crippen molar-refractivity contribution in [2.45, 2.75) is 19.4 Å². The first-order valence-corrected chi connectivity index (χ1v) is 4.42. The Morgan fingerprint density at radius 1 is 1.80 bits per heavy atom. The summed E-state index contributed by atoms with van der Waals surface area (Å²) in [4.78, 5) is 28.2. The molecule has 2 N–H and O–H groups in total. The zero-order valence-electron chi connectivity index (χ0n) is 8.28. The molecule has 0 bridgehead atoms. The fourth-order valence-corrected chi connectivity index (χ4v) is 0.992. The van der Waals surface area contributed by atoms with Crippen molar-refractivity contribution in [3.63, 3.8) is 0 Å². The molecule has 1 aromatic heterocycles. The molecule has 0 saturated carbocycles. The molecule has 5 nitrogen and oxygen atoms in total. The molecule has 78 valence electrons. The van der Waals surface area contributed by atoms with Gasteiger partial charge in [-0.3, -0.25) is 9.59 Å². The van der Waals surface area contributed by atoms with Crippen LogP contribution in [0.2, 0.25) is 0 Å². The van der Waals surface area contributed by atoms with Crippen molar-refractivity contribution in [1.82, 2.24) is 15.3 Å². The standard InChI is InChI=1S/C10H11N3O2/c1-3-4-7(2)13-10(15)8-5-12-9(14)6-11-8/h1,5-7H,4H2,2H3,(H,12,14)(H,13,15). The molecule has 15 heavy (non-hydrogen) atoms. The molecule has 0 aromatic carbocycles. The largest absolute Gasteiger partial charge is 0.347 e. The van der Waals surface area contributed by atoms with E-state index in [-0.39, 0.29) is 23.2 Å². The molecule has 1 heterocycles. The maximum absolute atomic E-state index is 11.5. The van der Waals surface area contributed by atoms with Crippen LogP contribution in [-0.2, 0) is 0 Å². The van der Waals surface area contributed by atoms with Gasteiger partial charge in [-0.15, -0.1) is 12.3 Å². The van der Waals surface area contributed by atoms with Gasteiger partial charge in [-0.25, -0.2) is 4.98 Å². The third kappa shape index (κ3) is 3.27. The van der Waals surface area contributed by atoms with Crippen molar-refractivity contribution in [1.29, 1.82) is 0 Å². The third-order valence-electron chi connectivity index (χ3n) is 1.71. The Morgan fingerprint density at radius 3 is 3.07 bits per heavy atom. The molecular formula is C10H11N3O2. The van der Waals surface area contributed by atoms with E-state index in [0.29, 0.717) is 6.42 Å². The molecule has 0 aliphatic heterocycles. The van der Waals surface area contributed by atoms with Gasteiger partial charge >= 0.3 is 0 Å². The molecule has 5 heteroatoms. The predicted octanol–water partition coefficient (Wildman–Crippen LogP) is -0.0885. The van der Waals surface area contributed by atoms with Crippen molar-refractivity contribution in [2.75, 3.05) is 0 Å². The normalized spacial score (nSPS) is 11.5. The van der Waals surface area contributed by atoms with Crippen LogP contribution in [0.3, 0.4) is 0 Å². The van der Waals surface area contributed by atoms with Crippen LogP contribution in [0.1, 0.15) is 23.8 Å². The summed E-state index contributed by atoms with van der Waals surface area (Å²) >= 11 is 0. The van der Waals surface area contributed by atoms with E-state index in [1.54, 1.807) is 6.92 Å². The summed E-state index contributed by atoms with van der Waals surface area (Å²) in [5.74, 6) is 2.09. The van der Waals surface area contributed by atoms with Crippen molar-refractivity contribution < 1.29 is 4.79 Å². The molecule has 0 saturated heterocycles. The summed E-state index contributed by atoms with van der Waals surface area (Å²) in [5, 5.41) is 2.65. The van der Waals surface area contributed by atoms with Gasteiger partial charge in [-0.1, -0.05) is 0 Å². The number of aromatic amines is 1. The fourth-order valence-electron chi connectivity index (χ4n) is 0.992. The third-order valence-corrected chi connectivity index (χ3v) is 1.71. The van der Waals surface area contributed by atoms with E-state index in [2.05, 4.69) is 21.2 Å². The zero-order chi connectivity index (χ0) is 11.3. The Balaban J connectivity index is 2.66. The number of H-pyrrole nitrogens is 1. The number of hydrogen-bond donors (Lipinski definition) is 2. The SMILES string of the molecule is C#CCC(C)NC(=O)c1c[nH]c(=O)cn1. The Kier molecular flexibility index (Phi) is 3.63. The molecule has 0 radical (unpaired) electrons. The van der Waals surface area contributed by atoms with Gasteiger partial charge in [0, 0.05) is 18.7 Å². The maximum Gasteiger partial charge on any atom is 0.271 e. The van der Waals surface area contributed by atoms with Gasteiger partial charge in [0.1, 0.15) is 5.69 Å². The van der Waals surface area contributed by atoms with Gasteiger partial charge in [0.2, 0.25) is 0 Å². The average Bonchev–Trinajstić information content (AvgIpc) is 2.18. The number of hydrogen-bond acceptors (Lipinski definition) is 3. The highest BCUT2D eigenvalue weighted by Crippen LogP contribution is 1.92. The van der Waals surface area contributed by atoms with Crippen LogP contribution >= 0.6 is 0 Å². The average molecular weight is 205 g/mol. The van der Waals surface area contributed by atoms with E-state index < -0.39 is 0 Å². The number of carbonyl (C=O) groups excluding carboxylic acids is 1. The lowest BCUT2D eigenvalue weighted by atomic mass is 10.2. The monoisotopic (exact) mass is 205 g/mol. The van der Waals surface area contributed by atoms with Crippen LogP contribution in [0.15, 0.2) is 17.2 Å². The number of aromatic nitrogens is 2. The van der Waals surface area contributed by atoms with E-state index in [4.69, 9.17) is 6.42 Å². The van der Waals surface area contributed by atoms with Gasteiger partial charge in [0.05, 0.1) is 6.20 Å². The Bertz CT molecular complexity index is 424. The lowest BCUT2D eigenvalue weighted by molar-refractivity contribution is 0.0935. The summed E-state index contributed by atoms with van der Waals surface area (Å²) in [7, 11) is 0. The van der Waals surface area contributed by atoms with Gasteiger partial charge in [-0.05, 0) is 6.92 Å². The molecule has 0 fully saturated rings. The highest BCUT2D eigenvalue weighted by molar-refractivity contribution is 5.92. The highest BCUT2D eigenvalue weighted by Gasteiger charge is 2.09. The van der Waals surface area contributed by atoms with Crippen LogP contribution in [0.25, 0.3) is 0 Å². The minimum atomic E-state index is -0.353. The second-order valence-corrected chi connectivity index (χ2v) is 3.08. The molecule has 1 aromatic rings. The fraction of sp³-hybridized carbons (Fsp3) is 0.300. The van der Waals surface area contributed by atoms with E-state index in [9.17, 15) is 9.59 Å². The van der Waals surface area contributed by atoms with E-state index in [0.717, 1.165) is 6.20 Å². The Labute approximate surface area is 86.9 Å². The molecular weight excluding hydrogens is 194 g/mol. The topological polar surface area (TPSA) is 74.8 Å². The summed E-state index contributed by atoms with van der Waals surface area (Å²) in [6, 6.07) is -0.115. The van der Waals surface area contributed by atoms with Crippen molar-refractivity contribution in [3.8, 4) is 12.3 Å². The lowest BCUT2D eigenvalue weighted by Gasteiger charge is -2.09. The smallest absolute Gasteiger partial charge is 0.271 e. The second kappa shape index (κ2) is 4.96. The molecule has 1 rings (SSSR count). The number of nitrogens with zero attached hydrogens (tertiary/aromatic N) is 1. The van der Waals surface area contributed by atoms with Gasteiger partial charge in [0.25, 0.3) is 11.5 Å². The summed E-state index contributed by atoms with van der Waals surface area (Å²) in [6.45, 7) is 1.80. The molecule has 1 amide bonds. The summed E-state index contributed by atoms with van der Waals surface area (Å²) < 4.78 is 0. The number of carbonyl (C=O) groups is 1. The number of amides is 1. The first kappa shape index (κ1) is 11.0. The van der Waals surface area contributed by atoms with Crippen molar-refractivity contribution >= 4 is 5.91 Å². The van der Waals surface area contributed by atoms with E-state index >= 15 is 0 Å². The minimum absolute atomic E-state index is 0.115. The quantitative estimate of drug-likeness (QED) is 0.677. The second-order valence-electron chi connectivity index (χ2n) is 3.08. The molecule has 0 aliphatic carbocycles. The van der Waals surface area contributed by atoms with Crippen LogP contribution in [-0.4, -0.2) is 21.9 Å². The maximum atomic E-state index is 11.5. The minimum Gasteiger partial charge on any atom is -0.347 e. The van der Waals surface area contributed by atoms with Gasteiger partial charge < -0.3 is 10.3 Å². The summed E-state index contributed by atoms with van der Waals surface area (Å²) in [5.41, 5.74) is -0.179. The van der Waals surface area contributed by atoms with Crippen LogP contribution < -0.4 is 10.9 Å². The van der Waals surface area contributed by atoms with Crippen LogP contribution in [0.4, 0.5) is 0 Å². The predicted molar refractivity (Wildman–Crippen MR) is 55.2 cm³/mol. The molecule has 1 atom stereocenters. The Hall–Kier alpha value is -2.09. The number of terminal acetylenes is 1. The van der Waals surface area contributed by atoms with Crippen molar-refractivity contribution in [2.24, 2.45) is 0 Å². The zero-order valence-corrected chi connectivity index (χ0v) is 8.28. The van der Waals surface area contributed by atoms with Gasteiger partial charge in [0.15, 0.2) is 0 Å². The lowest BCUT2D eigenvalue weighted by Crippen LogP contribution is -2.33. The Morgan fingerprint density at radius 2 is 2.53 bits per heavy atom. The van der Waals surface area contributed by atoms with E-state index in [1.807, 2.05) is 0 Å². The molecule has 0 aliphatic rings. The first-order chi connectivity index (χ1) is 7.13. The van der Waals surface area contributed by atoms with Crippen LogP contribution in [0.5, 0.6) is 0 Å². The molecule has 0 spiro atoms. The number of nitrogens with one attached hydrogen (secondary N) is 2. The van der Waals surface area contributed by atoms with E-state index in [1.165, 1.54) is 6.20 Å². The van der Waals surface area contributed by atoms with Crippen LogP contribution in [0, 0.1) is 12.3 Å². The molecule has 1 unspecified atom stereocenters. The highest BCUT2D eigenvalue weighted by atomic mass is 16.2. The first-order valence-electron chi connectivity index (χ1n) is 4.42.